The molecule has 1 amide bonds. The first kappa shape index (κ1) is 27.0. The van der Waals surface area contributed by atoms with Gasteiger partial charge in [0.15, 0.2) is 6.10 Å². The molecule has 0 aliphatic carbocycles. The number of amides is 1. The Labute approximate surface area is 227 Å². The first-order chi connectivity index (χ1) is 19.1. The van der Waals surface area contributed by atoms with Crippen LogP contribution in [0.3, 0.4) is 0 Å². The van der Waals surface area contributed by atoms with E-state index in [-0.39, 0.29) is 5.56 Å². The van der Waals surface area contributed by atoms with Gasteiger partial charge in [0, 0.05) is 35.5 Å². The number of rotatable bonds is 6. The number of nitrogens with zero attached hydrogens (tertiary/aromatic N) is 3. The molecule has 3 heterocycles. The van der Waals surface area contributed by atoms with Gasteiger partial charge in [0.1, 0.15) is 11.5 Å². The Morgan fingerprint density at radius 2 is 1.82 bits per heavy atom. The van der Waals surface area contributed by atoms with Crippen molar-refractivity contribution in [3.63, 3.8) is 0 Å². The quantitative estimate of drug-likeness (QED) is 0.264. The van der Waals surface area contributed by atoms with E-state index in [1.165, 1.54) is 12.1 Å². The summed E-state index contributed by atoms with van der Waals surface area (Å²) in [4.78, 5) is 26.7. The number of nitrogens with one attached hydrogen (secondary N) is 1. The minimum Gasteiger partial charge on any atom is -0.385 e. The molecular formula is C30H24F4N4O2. The number of aromatic nitrogens is 2. The molecule has 1 N–H and O–H groups in total. The van der Waals surface area contributed by atoms with Crippen LogP contribution in [0.4, 0.5) is 17.6 Å². The minimum absolute atomic E-state index is 0.225. The standard InChI is InChI=1S/C30H24F4N4O2/c1-17-6-8-23(24(31)11-17)20-12-21(26-15-27(40-38-26)25-5-3-4-10-35-25)14-22(13-20)29(39)37-18(2)19-7-9-28(36-16-19)30(32,33)34/h3-14,16,18,27H,15H2,1-2H3,(H,37,39)/t18-,27?/m1/s1. The van der Waals surface area contributed by atoms with Crippen molar-refractivity contribution in [2.75, 3.05) is 0 Å². The zero-order chi connectivity index (χ0) is 28.4. The Kier molecular flexibility index (Phi) is 7.34. The molecule has 2 aromatic carbocycles. The van der Waals surface area contributed by atoms with Crippen molar-refractivity contribution in [1.82, 2.24) is 15.3 Å². The topological polar surface area (TPSA) is 76.5 Å². The lowest BCUT2D eigenvalue weighted by atomic mass is 9.94. The highest BCUT2D eigenvalue weighted by Gasteiger charge is 2.32. The lowest BCUT2D eigenvalue weighted by Crippen LogP contribution is -2.27. The Bertz CT molecular complexity index is 1570. The van der Waals surface area contributed by atoms with E-state index >= 15 is 0 Å². The van der Waals surface area contributed by atoms with E-state index in [1.54, 1.807) is 56.4 Å². The van der Waals surface area contributed by atoms with Crippen LogP contribution in [-0.2, 0) is 11.0 Å². The third-order valence-electron chi connectivity index (χ3n) is 6.57. The van der Waals surface area contributed by atoms with E-state index in [4.69, 9.17) is 4.84 Å². The van der Waals surface area contributed by atoms with Gasteiger partial charge >= 0.3 is 6.18 Å². The zero-order valence-corrected chi connectivity index (χ0v) is 21.5. The molecule has 6 nitrogen and oxygen atoms in total. The average molecular weight is 549 g/mol. The molecule has 10 heteroatoms. The third kappa shape index (κ3) is 5.85. The van der Waals surface area contributed by atoms with Gasteiger partial charge in [-0.3, -0.25) is 14.8 Å². The Balaban J connectivity index is 1.45. The van der Waals surface area contributed by atoms with Gasteiger partial charge in [-0.1, -0.05) is 29.4 Å². The predicted octanol–water partition coefficient (Wildman–Crippen LogP) is 6.97. The zero-order valence-electron chi connectivity index (χ0n) is 21.5. The number of hydrogen-bond acceptors (Lipinski definition) is 5. The second kappa shape index (κ2) is 10.9. The van der Waals surface area contributed by atoms with Gasteiger partial charge in [0.2, 0.25) is 0 Å². The number of hydrogen-bond donors (Lipinski definition) is 1. The van der Waals surface area contributed by atoms with Crippen LogP contribution in [0.2, 0.25) is 0 Å². The van der Waals surface area contributed by atoms with Crippen LogP contribution in [0.1, 0.15) is 63.9 Å². The molecule has 0 fully saturated rings. The molecule has 1 aliphatic rings. The molecule has 204 valence electrons. The summed E-state index contributed by atoms with van der Waals surface area (Å²) in [5.41, 5.74) is 2.98. The molecule has 2 atom stereocenters. The van der Waals surface area contributed by atoms with Crippen molar-refractivity contribution in [2.45, 2.75) is 38.6 Å². The minimum atomic E-state index is -4.56. The first-order valence-corrected chi connectivity index (χ1v) is 12.5. The van der Waals surface area contributed by atoms with Crippen molar-refractivity contribution in [2.24, 2.45) is 5.16 Å². The van der Waals surface area contributed by atoms with Crippen LogP contribution in [0.15, 0.2) is 84.3 Å². The summed E-state index contributed by atoms with van der Waals surface area (Å²) in [6.45, 7) is 3.42. The fourth-order valence-electron chi connectivity index (χ4n) is 4.40. The first-order valence-electron chi connectivity index (χ1n) is 12.5. The molecule has 2 aromatic heterocycles. The molecule has 0 saturated carbocycles. The number of pyridine rings is 2. The SMILES string of the molecule is Cc1ccc(-c2cc(C(=O)N[C@H](C)c3ccc(C(F)(F)F)nc3)cc(C3=NOC(c4ccccn4)C3)c2)c(F)c1. The highest BCUT2D eigenvalue weighted by molar-refractivity contribution is 6.05. The summed E-state index contributed by atoms with van der Waals surface area (Å²) in [5, 5.41) is 7.01. The maximum absolute atomic E-state index is 15.0. The molecule has 40 heavy (non-hydrogen) atoms. The molecule has 0 radical (unpaired) electrons. The fraction of sp³-hybridized carbons (Fsp3) is 0.200. The maximum Gasteiger partial charge on any atom is 0.433 e. The van der Waals surface area contributed by atoms with Crippen molar-refractivity contribution >= 4 is 11.6 Å². The van der Waals surface area contributed by atoms with Crippen molar-refractivity contribution in [3.05, 3.63) is 119 Å². The summed E-state index contributed by atoms with van der Waals surface area (Å²) < 4.78 is 53.6. The van der Waals surface area contributed by atoms with Crippen LogP contribution in [0.25, 0.3) is 11.1 Å². The van der Waals surface area contributed by atoms with E-state index in [0.29, 0.717) is 40.1 Å². The lowest BCUT2D eigenvalue weighted by molar-refractivity contribution is -0.141. The lowest BCUT2D eigenvalue weighted by Gasteiger charge is -2.16. The van der Waals surface area contributed by atoms with Crippen molar-refractivity contribution < 1.29 is 27.2 Å². The molecular weight excluding hydrogens is 524 g/mol. The number of alkyl halides is 3. The maximum atomic E-state index is 15.0. The molecule has 5 rings (SSSR count). The number of carbonyl (C=O) groups is 1. The largest absolute Gasteiger partial charge is 0.433 e. The summed E-state index contributed by atoms with van der Waals surface area (Å²) in [6, 6.07) is 16.7. The van der Waals surface area contributed by atoms with Gasteiger partial charge < -0.3 is 10.2 Å². The Hall–Kier alpha value is -4.60. The second-order valence-electron chi connectivity index (χ2n) is 9.54. The summed E-state index contributed by atoms with van der Waals surface area (Å²) in [6.07, 6.45) is -1.83. The molecule has 1 unspecified atom stereocenters. The van der Waals surface area contributed by atoms with E-state index in [0.717, 1.165) is 17.8 Å². The highest BCUT2D eigenvalue weighted by atomic mass is 19.4. The average Bonchev–Trinajstić information content (AvgIpc) is 3.43. The fourth-order valence-corrected chi connectivity index (χ4v) is 4.40. The van der Waals surface area contributed by atoms with Crippen LogP contribution < -0.4 is 5.32 Å². The molecule has 0 bridgehead atoms. The molecule has 1 aliphatic heterocycles. The Morgan fingerprint density at radius 1 is 1.02 bits per heavy atom. The number of carbonyl (C=O) groups excluding carboxylic acids is 1. The molecule has 0 spiro atoms. The predicted molar refractivity (Wildman–Crippen MR) is 141 cm³/mol. The highest BCUT2D eigenvalue weighted by Crippen LogP contribution is 2.32. The van der Waals surface area contributed by atoms with Crippen LogP contribution in [0, 0.1) is 12.7 Å². The smallest absolute Gasteiger partial charge is 0.385 e. The van der Waals surface area contributed by atoms with Gasteiger partial charge in [-0.25, -0.2) is 4.39 Å². The number of halogens is 4. The van der Waals surface area contributed by atoms with Gasteiger partial charge in [0.05, 0.1) is 17.4 Å². The van der Waals surface area contributed by atoms with Gasteiger partial charge in [-0.2, -0.15) is 13.2 Å². The molecule has 0 saturated heterocycles. The van der Waals surface area contributed by atoms with Gasteiger partial charge in [-0.15, -0.1) is 0 Å². The second-order valence-corrected chi connectivity index (χ2v) is 9.54. The summed E-state index contributed by atoms with van der Waals surface area (Å²) in [7, 11) is 0. The third-order valence-corrected chi connectivity index (χ3v) is 6.57. The van der Waals surface area contributed by atoms with Crippen LogP contribution in [-0.4, -0.2) is 21.6 Å². The van der Waals surface area contributed by atoms with E-state index in [9.17, 15) is 22.4 Å². The van der Waals surface area contributed by atoms with E-state index in [1.807, 2.05) is 12.1 Å². The number of benzene rings is 2. The monoisotopic (exact) mass is 548 g/mol. The van der Waals surface area contributed by atoms with E-state index in [2.05, 4.69) is 20.4 Å². The number of oxime groups is 1. The van der Waals surface area contributed by atoms with Crippen molar-refractivity contribution in [1.29, 1.82) is 0 Å². The van der Waals surface area contributed by atoms with Gasteiger partial charge in [-0.05, 0) is 73.0 Å². The summed E-state index contributed by atoms with van der Waals surface area (Å²) >= 11 is 0. The number of aryl methyl sites for hydroxylation is 1. The van der Waals surface area contributed by atoms with Gasteiger partial charge in [0.25, 0.3) is 5.91 Å². The van der Waals surface area contributed by atoms with Crippen molar-refractivity contribution in [3.8, 4) is 11.1 Å². The summed E-state index contributed by atoms with van der Waals surface area (Å²) in [5.74, 6) is -0.938. The Morgan fingerprint density at radius 3 is 2.50 bits per heavy atom. The van der Waals surface area contributed by atoms with Crippen LogP contribution >= 0.6 is 0 Å². The normalized spacial score (nSPS) is 15.8. The molecule has 4 aromatic rings. The van der Waals surface area contributed by atoms with E-state index < -0.39 is 35.7 Å². The van der Waals surface area contributed by atoms with Crippen LogP contribution in [0.5, 0.6) is 0 Å².